The highest BCUT2D eigenvalue weighted by atomic mass is 16.6. The maximum atomic E-state index is 12.4. The van der Waals surface area contributed by atoms with Crippen LogP contribution in [0.25, 0.3) is 0 Å². The van der Waals surface area contributed by atoms with Crippen molar-refractivity contribution in [1.82, 2.24) is 0 Å². The maximum Gasteiger partial charge on any atom is 0.306 e. The van der Waals surface area contributed by atoms with Gasteiger partial charge in [0.15, 0.2) is 6.10 Å². The van der Waals surface area contributed by atoms with Crippen LogP contribution < -0.4 is 0 Å². The summed E-state index contributed by atoms with van der Waals surface area (Å²) in [6.07, 6.45) is 116. The van der Waals surface area contributed by atoms with Crippen LogP contribution in [0.2, 0.25) is 0 Å². The molecule has 0 aromatic carbocycles. The van der Waals surface area contributed by atoms with Crippen LogP contribution in [-0.2, 0) is 19.1 Å². The number of rotatable bonds is 68. The van der Waals surface area contributed by atoms with E-state index in [4.69, 9.17) is 9.47 Å². The summed E-state index contributed by atoms with van der Waals surface area (Å²) in [5.41, 5.74) is 0. The first-order valence-electron chi connectivity index (χ1n) is 37.4. The van der Waals surface area contributed by atoms with Gasteiger partial charge in [0.05, 0.1) is 6.61 Å². The number of hydrogen-bond donors (Lipinski definition) is 1. The van der Waals surface area contributed by atoms with Crippen molar-refractivity contribution in [2.45, 2.75) is 354 Å². The standard InChI is InChI=1S/C83H140O5/c1-3-5-7-9-11-13-15-17-19-21-23-25-27-29-31-33-35-37-39-41-43-45-47-49-51-53-55-57-59-61-63-65-67-69-71-73-75-77-82(85)87-80-81(79-84)88-83(86)78-76-74-72-70-68-66-64-62-60-58-56-54-52-50-48-46-44-42-40-38-36-34-32-30-28-26-24-22-20-18-16-14-12-10-8-6-4-2/h6,8,12,14,18,20-21,23-24,26,30,32,36,38,42,44,48,50,54,56,60,62,66,68,81,84H,3-5,7,9-11,13,15-17,19,22,25,27-29,31,33-35,37,39-41,43,45-47,49,51-53,55,57-59,61,63-65,67,69-80H2,1-2H3/b8-6-,14-12-,20-18-,23-21-,26-24-,32-30-,38-36-,44-42-,50-48-,56-54-,62-60-,68-66-. The highest BCUT2D eigenvalue weighted by molar-refractivity contribution is 5.70. The summed E-state index contributed by atoms with van der Waals surface area (Å²) in [7, 11) is 0. The predicted octanol–water partition coefficient (Wildman–Crippen LogP) is 26.4. The van der Waals surface area contributed by atoms with E-state index in [1.165, 1.54) is 205 Å². The van der Waals surface area contributed by atoms with Crippen LogP contribution in [0.5, 0.6) is 0 Å². The van der Waals surface area contributed by atoms with E-state index >= 15 is 0 Å². The molecule has 0 bridgehead atoms. The van der Waals surface area contributed by atoms with Crippen molar-refractivity contribution >= 4 is 11.9 Å². The molecular formula is C83H140O5. The van der Waals surface area contributed by atoms with Gasteiger partial charge in [0.2, 0.25) is 0 Å². The van der Waals surface area contributed by atoms with Crippen LogP contribution in [0.3, 0.4) is 0 Å². The van der Waals surface area contributed by atoms with Crippen LogP contribution >= 0.6 is 0 Å². The molecule has 0 radical (unpaired) electrons. The summed E-state index contributed by atoms with van der Waals surface area (Å²) < 4.78 is 10.7. The van der Waals surface area contributed by atoms with Crippen molar-refractivity contribution in [3.8, 4) is 0 Å². The Morgan fingerprint density at radius 1 is 0.273 bits per heavy atom. The van der Waals surface area contributed by atoms with Gasteiger partial charge in [-0.15, -0.1) is 0 Å². The molecular weight excluding hydrogens is 1080 g/mol. The van der Waals surface area contributed by atoms with Crippen molar-refractivity contribution in [1.29, 1.82) is 0 Å². The van der Waals surface area contributed by atoms with E-state index in [9.17, 15) is 14.7 Å². The van der Waals surface area contributed by atoms with Gasteiger partial charge in [0.25, 0.3) is 0 Å². The number of aliphatic hydroxyl groups is 1. The van der Waals surface area contributed by atoms with E-state index in [1.54, 1.807) is 0 Å². The molecule has 0 aliphatic carbocycles. The van der Waals surface area contributed by atoms with E-state index in [-0.39, 0.29) is 25.2 Å². The number of ether oxygens (including phenoxy) is 2. The van der Waals surface area contributed by atoms with Crippen molar-refractivity contribution in [2.75, 3.05) is 13.2 Å². The molecule has 0 spiro atoms. The molecule has 1 unspecified atom stereocenters. The summed E-state index contributed by atoms with van der Waals surface area (Å²) in [4.78, 5) is 24.7. The molecule has 5 heteroatoms. The van der Waals surface area contributed by atoms with E-state index < -0.39 is 6.10 Å². The second-order valence-corrected chi connectivity index (χ2v) is 24.6. The second-order valence-electron chi connectivity index (χ2n) is 24.6. The zero-order valence-corrected chi connectivity index (χ0v) is 57.7. The topological polar surface area (TPSA) is 72.8 Å². The molecule has 0 aliphatic heterocycles. The highest BCUT2D eigenvalue weighted by Crippen LogP contribution is 2.18. The van der Waals surface area contributed by atoms with Gasteiger partial charge in [-0.3, -0.25) is 9.59 Å². The number of unbranched alkanes of at least 4 members (excludes halogenated alkanes) is 36. The zero-order valence-electron chi connectivity index (χ0n) is 57.7. The van der Waals surface area contributed by atoms with Crippen LogP contribution in [0.4, 0.5) is 0 Å². The van der Waals surface area contributed by atoms with E-state index in [0.717, 1.165) is 116 Å². The van der Waals surface area contributed by atoms with Gasteiger partial charge in [-0.1, -0.05) is 359 Å². The lowest BCUT2D eigenvalue weighted by molar-refractivity contribution is -0.161. The van der Waals surface area contributed by atoms with Crippen LogP contribution in [-0.4, -0.2) is 36.4 Å². The fourth-order valence-corrected chi connectivity index (χ4v) is 10.6. The normalized spacial score (nSPS) is 13.1. The fourth-order valence-electron chi connectivity index (χ4n) is 10.6. The Kier molecular flexibility index (Phi) is 73.3. The molecule has 0 heterocycles. The van der Waals surface area contributed by atoms with Crippen molar-refractivity contribution < 1.29 is 24.2 Å². The molecule has 0 fully saturated rings. The summed E-state index contributed by atoms with van der Waals surface area (Å²) in [5, 5.41) is 9.71. The average molecular weight is 1220 g/mol. The van der Waals surface area contributed by atoms with Gasteiger partial charge in [-0.25, -0.2) is 0 Å². The molecule has 1 N–H and O–H groups in total. The zero-order chi connectivity index (χ0) is 63.3. The number of hydrogen-bond acceptors (Lipinski definition) is 5. The van der Waals surface area contributed by atoms with Gasteiger partial charge in [-0.05, 0) is 122 Å². The minimum atomic E-state index is -0.801. The lowest BCUT2D eigenvalue weighted by Crippen LogP contribution is -2.28. The first kappa shape index (κ1) is 83.8. The Hall–Kier alpha value is -4.22. The summed E-state index contributed by atoms with van der Waals surface area (Å²) in [5.74, 6) is -0.626. The Morgan fingerprint density at radius 2 is 0.489 bits per heavy atom. The van der Waals surface area contributed by atoms with Gasteiger partial charge in [-0.2, -0.15) is 0 Å². The Labute approximate surface area is 546 Å². The Bertz CT molecular complexity index is 1810. The van der Waals surface area contributed by atoms with Crippen molar-refractivity contribution in [3.05, 3.63) is 146 Å². The number of aliphatic hydroxyl groups excluding tert-OH is 1. The molecule has 0 aliphatic rings. The molecule has 1 atom stereocenters. The predicted molar refractivity (Wildman–Crippen MR) is 389 cm³/mol. The SMILES string of the molecule is CC/C=C\C/C=C\C/C=C\C/C=C\C/C=C\C/C=C\C/C=C\C/C=C\C/C=C\C/C=C\C/C=C\CCCCCC(=O)OC(CO)COC(=O)CCCCCCCCCCCCCCCCCCCCCCCCCCC/C=C\CCCCCCCCCC. The summed E-state index contributed by atoms with van der Waals surface area (Å²) >= 11 is 0. The minimum absolute atomic E-state index is 0.0849. The third-order valence-electron chi connectivity index (χ3n) is 16.1. The van der Waals surface area contributed by atoms with Gasteiger partial charge in [0.1, 0.15) is 6.61 Å². The number of allylic oxidation sites excluding steroid dienone is 24. The fraction of sp³-hybridized carbons (Fsp3) is 0.687. The summed E-state index contributed by atoms with van der Waals surface area (Å²) in [6.45, 7) is 4.03. The average Bonchev–Trinajstić information content (AvgIpc) is 3.55. The third kappa shape index (κ3) is 74.2. The lowest BCUT2D eigenvalue weighted by Gasteiger charge is -2.15. The quantitative estimate of drug-likeness (QED) is 0.0373. The van der Waals surface area contributed by atoms with Gasteiger partial charge < -0.3 is 14.6 Å². The molecule has 0 rings (SSSR count). The van der Waals surface area contributed by atoms with Crippen LogP contribution in [0.15, 0.2) is 146 Å². The maximum absolute atomic E-state index is 12.4. The molecule has 0 saturated carbocycles. The third-order valence-corrected chi connectivity index (χ3v) is 16.1. The van der Waals surface area contributed by atoms with Gasteiger partial charge >= 0.3 is 11.9 Å². The van der Waals surface area contributed by atoms with E-state index in [0.29, 0.717) is 12.8 Å². The monoisotopic (exact) mass is 1220 g/mol. The molecule has 0 aromatic rings. The first-order valence-corrected chi connectivity index (χ1v) is 37.4. The van der Waals surface area contributed by atoms with E-state index in [2.05, 4.69) is 160 Å². The highest BCUT2D eigenvalue weighted by Gasteiger charge is 2.16. The molecule has 88 heavy (non-hydrogen) atoms. The summed E-state index contributed by atoms with van der Waals surface area (Å²) in [6, 6.07) is 0. The number of carbonyl (C=O) groups is 2. The molecule has 0 aromatic heterocycles. The Balaban J connectivity index is 3.54. The minimum Gasteiger partial charge on any atom is -0.462 e. The van der Waals surface area contributed by atoms with E-state index in [1.807, 2.05) is 0 Å². The van der Waals surface area contributed by atoms with Crippen molar-refractivity contribution in [2.24, 2.45) is 0 Å². The largest absolute Gasteiger partial charge is 0.462 e. The second kappa shape index (κ2) is 77.0. The number of carbonyl (C=O) groups excluding carboxylic acids is 2. The Morgan fingerprint density at radius 3 is 0.761 bits per heavy atom. The smallest absolute Gasteiger partial charge is 0.306 e. The van der Waals surface area contributed by atoms with Crippen LogP contribution in [0, 0.1) is 0 Å². The first-order chi connectivity index (χ1) is 43.6. The number of esters is 2. The molecule has 5 nitrogen and oxygen atoms in total. The van der Waals surface area contributed by atoms with Crippen molar-refractivity contribution in [3.63, 3.8) is 0 Å². The van der Waals surface area contributed by atoms with Gasteiger partial charge in [0, 0.05) is 12.8 Å². The molecule has 0 amide bonds. The van der Waals surface area contributed by atoms with Crippen LogP contribution in [0.1, 0.15) is 348 Å². The lowest BCUT2D eigenvalue weighted by atomic mass is 10.0. The molecule has 502 valence electrons. The molecule has 0 saturated heterocycles.